The van der Waals surface area contributed by atoms with Gasteiger partial charge >= 0.3 is 0 Å². The average Bonchev–Trinajstić information content (AvgIpc) is 2.94. The fraction of sp³-hybridized carbons (Fsp3) is 0.471. The molecule has 2 aromatic rings. The lowest BCUT2D eigenvalue weighted by Crippen LogP contribution is -2.34. The van der Waals surface area contributed by atoms with Crippen LogP contribution < -0.4 is 11.1 Å². The zero-order valence-electron chi connectivity index (χ0n) is 12.9. The van der Waals surface area contributed by atoms with Crippen LogP contribution in [0.4, 0.5) is 11.4 Å². The second-order valence-electron chi connectivity index (χ2n) is 5.88. The number of likely N-dealkylation sites (N-methyl/N-ethyl adjacent to an activating group) is 1. The van der Waals surface area contributed by atoms with E-state index < -0.39 is 0 Å². The van der Waals surface area contributed by atoms with Crippen LogP contribution >= 0.6 is 0 Å². The lowest BCUT2D eigenvalue weighted by Gasteiger charge is -2.24. The molecule has 2 heterocycles. The normalized spacial score (nSPS) is 19.2. The predicted octanol–water partition coefficient (Wildman–Crippen LogP) is 3.02. The Morgan fingerprint density at radius 2 is 2.24 bits per heavy atom. The molecule has 4 heteroatoms. The third kappa shape index (κ3) is 2.81. The van der Waals surface area contributed by atoms with Gasteiger partial charge < -0.3 is 11.1 Å². The van der Waals surface area contributed by atoms with Crippen molar-refractivity contribution in [2.45, 2.75) is 32.7 Å². The molecule has 1 aromatic heterocycles. The molecule has 1 unspecified atom stereocenters. The molecule has 0 saturated carbocycles. The van der Waals surface area contributed by atoms with Crippen LogP contribution in [0.5, 0.6) is 0 Å². The number of nitrogen functional groups attached to an aromatic ring is 1. The van der Waals surface area contributed by atoms with Crippen molar-refractivity contribution in [3.05, 3.63) is 30.1 Å². The molecule has 0 amide bonds. The number of pyridine rings is 1. The van der Waals surface area contributed by atoms with Crippen molar-refractivity contribution in [2.75, 3.05) is 30.7 Å². The van der Waals surface area contributed by atoms with Gasteiger partial charge in [-0.3, -0.25) is 9.88 Å². The van der Waals surface area contributed by atoms with Gasteiger partial charge in [0.05, 0.1) is 0 Å². The molecule has 1 aliphatic rings. The molecule has 1 fully saturated rings. The number of nitrogens with one attached hydrogen (secondary N) is 1. The number of benzene rings is 1. The topological polar surface area (TPSA) is 54.2 Å². The van der Waals surface area contributed by atoms with E-state index in [0.717, 1.165) is 35.5 Å². The Balaban J connectivity index is 1.84. The molecule has 1 atom stereocenters. The fourth-order valence-corrected chi connectivity index (χ4v) is 3.29. The first-order chi connectivity index (χ1) is 10.2. The summed E-state index contributed by atoms with van der Waals surface area (Å²) in [6.07, 6.45) is 4.47. The number of nitrogens with zero attached hydrogens (tertiary/aromatic N) is 2. The molecular weight excluding hydrogens is 260 g/mol. The first kappa shape index (κ1) is 14.1. The van der Waals surface area contributed by atoms with E-state index in [0.29, 0.717) is 6.04 Å². The van der Waals surface area contributed by atoms with Gasteiger partial charge in [0.25, 0.3) is 0 Å². The third-order valence-electron chi connectivity index (χ3n) is 4.50. The van der Waals surface area contributed by atoms with Gasteiger partial charge in [-0.05, 0) is 51.1 Å². The van der Waals surface area contributed by atoms with Gasteiger partial charge in [0.1, 0.15) is 0 Å². The standard InChI is InChI=1S/C17H24N4/c1-3-21-8-4-5-13(21)10-20-17-7-6-16(18)15-11-19-12(2)9-14(15)17/h6-7,9,11,13,20H,3-5,8,10,18H2,1-2H3. The Morgan fingerprint density at radius 3 is 3.05 bits per heavy atom. The Morgan fingerprint density at radius 1 is 1.38 bits per heavy atom. The summed E-state index contributed by atoms with van der Waals surface area (Å²) in [6, 6.07) is 6.81. The molecule has 1 aliphatic heterocycles. The molecular formula is C17H24N4. The summed E-state index contributed by atoms with van der Waals surface area (Å²) >= 11 is 0. The molecule has 3 rings (SSSR count). The minimum atomic E-state index is 0.644. The molecule has 4 nitrogen and oxygen atoms in total. The second kappa shape index (κ2) is 5.90. The van der Waals surface area contributed by atoms with Crippen LogP contribution in [-0.2, 0) is 0 Å². The summed E-state index contributed by atoms with van der Waals surface area (Å²) in [4.78, 5) is 6.91. The van der Waals surface area contributed by atoms with Crippen molar-refractivity contribution < 1.29 is 0 Å². The van der Waals surface area contributed by atoms with Crippen molar-refractivity contribution in [2.24, 2.45) is 0 Å². The summed E-state index contributed by atoms with van der Waals surface area (Å²) in [5.74, 6) is 0. The van der Waals surface area contributed by atoms with Gasteiger partial charge in [-0.25, -0.2) is 0 Å². The fourth-order valence-electron chi connectivity index (χ4n) is 3.29. The maximum atomic E-state index is 6.06. The molecule has 0 spiro atoms. The van der Waals surface area contributed by atoms with E-state index in [1.54, 1.807) is 0 Å². The van der Waals surface area contributed by atoms with Gasteiger partial charge in [0, 0.05) is 46.6 Å². The summed E-state index contributed by atoms with van der Waals surface area (Å²) in [5.41, 5.74) is 9.03. The summed E-state index contributed by atoms with van der Waals surface area (Å²) in [6.45, 7) is 7.62. The smallest absolute Gasteiger partial charge is 0.0423 e. The molecule has 0 radical (unpaired) electrons. The quantitative estimate of drug-likeness (QED) is 0.847. The molecule has 0 aliphatic carbocycles. The number of nitrogens with two attached hydrogens (primary N) is 1. The number of fused-ring (bicyclic) bond motifs is 1. The number of anilines is 2. The van der Waals surface area contributed by atoms with E-state index in [4.69, 9.17) is 5.73 Å². The minimum absolute atomic E-state index is 0.644. The van der Waals surface area contributed by atoms with E-state index in [2.05, 4.69) is 34.3 Å². The van der Waals surface area contributed by atoms with Crippen LogP contribution in [0.3, 0.4) is 0 Å². The van der Waals surface area contributed by atoms with Crippen molar-refractivity contribution >= 4 is 22.1 Å². The maximum Gasteiger partial charge on any atom is 0.0423 e. The first-order valence-corrected chi connectivity index (χ1v) is 7.82. The van der Waals surface area contributed by atoms with Crippen molar-refractivity contribution in [3.63, 3.8) is 0 Å². The van der Waals surface area contributed by atoms with Crippen LogP contribution in [-0.4, -0.2) is 35.6 Å². The van der Waals surface area contributed by atoms with Crippen LogP contribution in [0, 0.1) is 6.92 Å². The Labute approximate surface area is 126 Å². The van der Waals surface area contributed by atoms with E-state index in [1.165, 1.54) is 24.8 Å². The zero-order valence-corrected chi connectivity index (χ0v) is 12.9. The van der Waals surface area contributed by atoms with Gasteiger partial charge in [-0.2, -0.15) is 0 Å². The van der Waals surface area contributed by atoms with E-state index >= 15 is 0 Å². The van der Waals surface area contributed by atoms with Crippen molar-refractivity contribution in [1.82, 2.24) is 9.88 Å². The van der Waals surface area contributed by atoms with Crippen LogP contribution in [0.2, 0.25) is 0 Å². The molecule has 1 saturated heterocycles. The van der Waals surface area contributed by atoms with E-state index in [-0.39, 0.29) is 0 Å². The highest BCUT2D eigenvalue weighted by molar-refractivity contribution is 6.00. The highest BCUT2D eigenvalue weighted by atomic mass is 15.2. The summed E-state index contributed by atoms with van der Waals surface area (Å²) in [5, 5.41) is 5.83. The Bertz CT molecular complexity index is 638. The number of likely N-dealkylation sites (tertiary alicyclic amines) is 1. The molecule has 1 aromatic carbocycles. The highest BCUT2D eigenvalue weighted by Gasteiger charge is 2.22. The molecule has 112 valence electrons. The number of rotatable bonds is 4. The minimum Gasteiger partial charge on any atom is -0.398 e. The van der Waals surface area contributed by atoms with Crippen LogP contribution in [0.1, 0.15) is 25.5 Å². The first-order valence-electron chi connectivity index (χ1n) is 7.82. The number of hydrogen-bond donors (Lipinski definition) is 2. The Hall–Kier alpha value is -1.81. The second-order valence-corrected chi connectivity index (χ2v) is 5.88. The number of aryl methyl sites for hydroxylation is 1. The largest absolute Gasteiger partial charge is 0.398 e. The van der Waals surface area contributed by atoms with Crippen molar-refractivity contribution in [3.8, 4) is 0 Å². The van der Waals surface area contributed by atoms with Gasteiger partial charge in [-0.15, -0.1) is 0 Å². The maximum absolute atomic E-state index is 6.06. The van der Waals surface area contributed by atoms with Gasteiger partial charge in [-0.1, -0.05) is 6.92 Å². The van der Waals surface area contributed by atoms with E-state index in [1.807, 2.05) is 19.2 Å². The SMILES string of the molecule is CCN1CCCC1CNc1ccc(N)c2cnc(C)cc12. The monoisotopic (exact) mass is 284 g/mol. The highest BCUT2D eigenvalue weighted by Crippen LogP contribution is 2.29. The summed E-state index contributed by atoms with van der Waals surface area (Å²) < 4.78 is 0. The zero-order chi connectivity index (χ0) is 14.8. The third-order valence-corrected chi connectivity index (χ3v) is 4.50. The van der Waals surface area contributed by atoms with Crippen LogP contribution in [0.25, 0.3) is 10.8 Å². The lowest BCUT2D eigenvalue weighted by molar-refractivity contribution is 0.277. The van der Waals surface area contributed by atoms with Gasteiger partial charge in [0.15, 0.2) is 0 Å². The predicted molar refractivity (Wildman–Crippen MR) is 89.7 cm³/mol. The summed E-state index contributed by atoms with van der Waals surface area (Å²) in [7, 11) is 0. The van der Waals surface area contributed by atoms with Crippen LogP contribution in [0.15, 0.2) is 24.4 Å². The number of hydrogen-bond acceptors (Lipinski definition) is 4. The average molecular weight is 284 g/mol. The molecule has 3 N–H and O–H groups in total. The molecule has 0 bridgehead atoms. The Kier molecular flexibility index (Phi) is 3.97. The van der Waals surface area contributed by atoms with Gasteiger partial charge in [0.2, 0.25) is 0 Å². The van der Waals surface area contributed by atoms with Crippen molar-refractivity contribution in [1.29, 1.82) is 0 Å². The number of aromatic nitrogens is 1. The molecule has 21 heavy (non-hydrogen) atoms. The lowest BCUT2D eigenvalue weighted by atomic mass is 10.1. The van der Waals surface area contributed by atoms with E-state index in [9.17, 15) is 0 Å².